The Hall–Kier alpha value is -4.10. The van der Waals surface area contributed by atoms with Gasteiger partial charge in [0.15, 0.2) is 24.6 Å². The summed E-state index contributed by atoms with van der Waals surface area (Å²) >= 11 is 0. The second-order valence-electron chi connectivity index (χ2n) is 18.5. The molecule has 1 aliphatic heterocycles. The molecule has 1 fully saturated rings. The van der Waals surface area contributed by atoms with Crippen molar-refractivity contribution in [2.75, 3.05) is 13.2 Å². The number of carboxylic acids is 1. The maximum Gasteiger partial charge on any atom is 0.335 e. The van der Waals surface area contributed by atoms with Crippen molar-refractivity contribution in [2.24, 2.45) is 0 Å². The molecule has 0 saturated carbocycles. The summed E-state index contributed by atoms with van der Waals surface area (Å²) in [4.78, 5) is 50.9. The second kappa shape index (κ2) is 46.9. The van der Waals surface area contributed by atoms with Crippen LogP contribution in [0.3, 0.4) is 0 Å². The van der Waals surface area contributed by atoms with Gasteiger partial charge < -0.3 is 39.0 Å². The Morgan fingerprint density at radius 1 is 0.479 bits per heavy atom. The number of ether oxygens (including phenoxy) is 5. The van der Waals surface area contributed by atoms with Gasteiger partial charge in [0.1, 0.15) is 18.8 Å². The Labute approximate surface area is 429 Å². The number of allylic oxidation sites excluding steroid dienone is 14. The smallest absolute Gasteiger partial charge is 0.335 e. The average molecular weight is 997 g/mol. The van der Waals surface area contributed by atoms with Crippen LogP contribution in [0.4, 0.5) is 0 Å². The molecule has 0 amide bonds. The van der Waals surface area contributed by atoms with Crippen molar-refractivity contribution < 1.29 is 58.2 Å². The van der Waals surface area contributed by atoms with Crippen LogP contribution >= 0.6 is 0 Å². The van der Waals surface area contributed by atoms with Gasteiger partial charge >= 0.3 is 23.9 Å². The van der Waals surface area contributed by atoms with Crippen LogP contribution < -0.4 is 0 Å². The lowest BCUT2D eigenvalue weighted by atomic mass is 9.98. The van der Waals surface area contributed by atoms with Gasteiger partial charge in [0.2, 0.25) is 0 Å². The van der Waals surface area contributed by atoms with Crippen LogP contribution in [0.25, 0.3) is 0 Å². The summed E-state index contributed by atoms with van der Waals surface area (Å²) in [6, 6.07) is 0. The highest BCUT2D eigenvalue weighted by Gasteiger charge is 2.50. The minimum atomic E-state index is -1.92. The summed E-state index contributed by atoms with van der Waals surface area (Å²) in [6.45, 7) is 5.70. The third-order valence-corrected chi connectivity index (χ3v) is 12.0. The Balaban J connectivity index is 2.74. The van der Waals surface area contributed by atoms with E-state index in [1.165, 1.54) is 44.9 Å². The maximum atomic E-state index is 13.1. The predicted molar refractivity (Wildman–Crippen MR) is 284 cm³/mol. The zero-order chi connectivity index (χ0) is 51.8. The van der Waals surface area contributed by atoms with Gasteiger partial charge in [-0.05, 0) is 89.9 Å². The van der Waals surface area contributed by atoms with Crippen molar-refractivity contribution >= 4 is 23.9 Å². The third kappa shape index (κ3) is 37.3. The van der Waals surface area contributed by atoms with E-state index in [1.807, 2.05) is 0 Å². The quantitative estimate of drug-likeness (QED) is 0.0228. The summed E-state index contributed by atoms with van der Waals surface area (Å²) in [5.41, 5.74) is 0. The highest BCUT2D eigenvalue weighted by Crippen LogP contribution is 2.26. The highest BCUT2D eigenvalue weighted by atomic mass is 16.7. The van der Waals surface area contributed by atoms with E-state index in [0.29, 0.717) is 19.3 Å². The first kappa shape index (κ1) is 64.9. The third-order valence-electron chi connectivity index (χ3n) is 12.0. The van der Waals surface area contributed by atoms with Crippen LogP contribution in [0.15, 0.2) is 85.1 Å². The molecule has 0 aromatic rings. The van der Waals surface area contributed by atoms with Gasteiger partial charge in [-0.15, -0.1) is 0 Å². The van der Waals surface area contributed by atoms with Crippen LogP contribution in [0, 0.1) is 0 Å². The molecule has 0 spiro atoms. The maximum absolute atomic E-state index is 13.1. The van der Waals surface area contributed by atoms with Gasteiger partial charge in [-0.2, -0.15) is 0 Å². The lowest BCUT2D eigenvalue weighted by Crippen LogP contribution is -2.61. The largest absolute Gasteiger partial charge is 0.479 e. The Morgan fingerprint density at radius 3 is 1.37 bits per heavy atom. The predicted octanol–water partition coefficient (Wildman–Crippen LogP) is 13.6. The first-order valence-electron chi connectivity index (χ1n) is 27.6. The monoisotopic (exact) mass is 997 g/mol. The van der Waals surface area contributed by atoms with Gasteiger partial charge in [0.05, 0.1) is 6.61 Å². The van der Waals surface area contributed by atoms with E-state index in [0.717, 1.165) is 109 Å². The molecular formula is C59H96O12. The van der Waals surface area contributed by atoms with Crippen molar-refractivity contribution in [2.45, 2.75) is 250 Å². The first-order valence-corrected chi connectivity index (χ1v) is 27.6. The molecule has 12 heteroatoms. The normalized spacial score (nSPS) is 19.1. The van der Waals surface area contributed by atoms with Crippen molar-refractivity contribution in [3.8, 4) is 0 Å². The number of rotatable bonds is 45. The topological polar surface area (TPSA) is 175 Å². The molecule has 1 rings (SSSR count). The lowest BCUT2D eigenvalue weighted by molar-refractivity contribution is -0.301. The van der Waals surface area contributed by atoms with Gasteiger partial charge in [0.25, 0.3) is 0 Å². The fourth-order valence-electron chi connectivity index (χ4n) is 7.78. The number of esters is 3. The van der Waals surface area contributed by atoms with Crippen molar-refractivity contribution in [1.29, 1.82) is 0 Å². The van der Waals surface area contributed by atoms with Gasteiger partial charge in [-0.1, -0.05) is 189 Å². The molecule has 6 atom stereocenters. The van der Waals surface area contributed by atoms with E-state index in [-0.39, 0.29) is 25.9 Å². The van der Waals surface area contributed by atoms with Crippen LogP contribution in [0.5, 0.6) is 0 Å². The second-order valence-corrected chi connectivity index (χ2v) is 18.5. The highest BCUT2D eigenvalue weighted by molar-refractivity contribution is 5.74. The van der Waals surface area contributed by atoms with Crippen LogP contribution in [-0.2, 0) is 42.9 Å². The number of hydrogen-bond acceptors (Lipinski definition) is 11. The average Bonchev–Trinajstić information content (AvgIpc) is 3.35. The molecule has 0 bridgehead atoms. The number of carbonyl (C=O) groups excluding carboxylic acids is 3. The van der Waals surface area contributed by atoms with Crippen LogP contribution in [0.2, 0.25) is 0 Å². The minimum Gasteiger partial charge on any atom is -0.479 e. The fourth-order valence-corrected chi connectivity index (χ4v) is 7.78. The summed E-state index contributed by atoms with van der Waals surface area (Å²) < 4.78 is 28.3. The van der Waals surface area contributed by atoms with Crippen molar-refractivity contribution in [3.05, 3.63) is 85.1 Å². The number of aliphatic hydroxyl groups excluding tert-OH is 2. The molecule has 0 aromatic heterocycles. The SMILES string of the molecule is CC/C=C\C/C=C\C/C=C\C/C=C\CCCCCCC(=O)OCC(COC1OC(C(=O)O)C(O)C(O)C1OC(=O)CCCCC/C=C\C/C=C\C/C=C\CC)OC(=O)CCCCCCCCCCCCC. The standard InChI is InChI=1S/C59H96O12/c1-4-7-10-13-16-19-22-24-25-26-27-29-31-33-36-39-42-45-51(60)67-48-50(69-52(61)46-43-40-37-34-30-21-18-15-12-9-6-3)49-68-59-57(55(64)54(63)56(71-59)58(65)66)70-53(62)47-44-41-38-35-32-28-23-20-17-14-11-8-5-2/h7-8,10-11,16-17,19-20,24-25,27-29,32,50,54-57,59,63-64H,4-6,9,12-15,18,21-23,26,30-31,33-49H2,1-3H3,(H,65,66)/b10-7-,11-8-,19-16-,20-17-,25-24-,29-27-,32-28-. The lowest BCUT2D eigenvalue weighted by Gasteiger charge is -2.40. The van der Waals surface area contributed by atoms with E-state index in [4.69, 9.17) is 23.7 Å². The fraction of sp³-hybridized carbons (Fsp3) is 0.695. The van der Waals surface area contributed by atoms with E-state index in [2.05, 4.69) is 106 Å². The molecule has 404 valence electrons. The molecule has 0 aliphatic carbocycles. The summed E-state index contributed by atoms with van der Waals surface area (Å²) in [5.74, 6) is -3.20. The van der Waals surface area contributed by atoms with Gasteiger partial charge in [-0.25, -0.2) is 4.79 Å². The molecular weight excluding hydrogens is 901 g/mol. The van der Waals surface area contributed by atoms with Gasteiger partial charge in [-0.3, -0.25) is 14.4 Å². The summed E-state index contributed by atoms with van der Waals surface area (Å²) in [5, 5.41) is 31.4. The molecule has 71 heavy (non-hydrogen) atoms. The number of unbranched alkanes of at least 4 members (excludes halogenated alkanes) is 17. The molecule has 3 N–H and O–H groups in total. The van der Waals surface area contributed by atoms with E-state index < -0.39 is 67.3 Å². The van der Waals surface area contributed by atoms with Crippen molar-refractivity contribution in [1.82, 2.24) is 0 Å². The minimum absolute atomic E-state index is 0.0205. The Kier molecular flexibility index (Phi) is 42.9. The molecule has 1 heterocycles. The molecule has 1 aliphatic rings. The Morgan fingerprint density at radius 2 is 0.887 bits per heavy atom. The summed E-state index contributed by atoms with van der Waals surface area (Å²) in [6.07, 6.45) is 47.1. The molecule has 12 nitrogen and oxygen atoms in total. The number of hydrogen-bond donors (Lipinski definition) is 3. The van der Waals surface area contributed by atoms with E-state index in [9.17, 15) is 34.5 Å². The van der Waals surface area contributed by atoms with Crippen LogP contribution in [-0.4, -0.2) is 89.2 Å². The van der Waals surface area contributed by atoms with E-state index >= 15 is 0 Å². The molecule has 0 radical (unpaired) electrons. The molecule has 6 unspecified atom stereocenters. The number of aliphatic carboxylic acids is 1. The van der Waals surface area contributed by atoms with Crippen LogP contribution in [0.1, 0.15) is 213 Å². The zero-order valence-electron chi connectivity index (χ0n) is 44.2. The first-order chi connectivity index (χ1) is 34.6. The number of carboxylic acid groups (broad SMARTS) is 1. The zero-order valence-corrected chi connectivity index (χ0v) is 44.2. The number of aliphatic hydroxyl groups is 2. The van der Waals surface area contributed by atoms with E-state index in [1.54, 1.807) is 0 Å². The Bertz CT molecular complexity index is 1560. The molecule has 0 aromatic carbocycles. The molecule has 1 saturated heterocycles. The summed E-state index contributed by atoms with van der Waals surface area (Å²) in [7, 11) is 0. The van der Waals surface area contributed by atoms with Gasteiger partial charge in [0, 0.05) is 19.3 Å². The van der Waals surface area contributed by atoms with Crippen molar-refractivity contribution in [3.63, 3.8) is 0 Å². The number of carbonyl (C=O) groups is 4.